The molecule has 2 aromatic carbocycles. The third-order valence-corrected chi connectivity index (χ3v) is 6.86. The molecule has 1 saturated heterocycles. The maximum absolute atomic E-state index is 13.3. The molecule has 7 heteroatoms. The summed E-state index contributed by atoms with van der Waals surface area (Å²) in [5.41, 5.74) is 4.60. The Morgan fingerprint density at radius 2 is 1.72 bits per heavy atom. The molecule has 1 amide bonds. The van der Waals surface area contributed by atoms with Crippen molar-refractivity contribution in [1.29, 1.82) is 0 Å². The molecule has 0 bridgehead atoms. The zero-order valence-corrected chi connectivity index (χ0v) is 21.2. The lowest BCUT2D eigenvalue weighted by Crippen LogP contribution is -2.46. The third-order valence-electron chi connectivity index (χ3n) is 6.86. The molecule has 0 saturated carbocycles. The van der Waals surface area contributed by atoms with E-state index in [2.05, 4.69) is 55.9 Å². The van der Waals surface area contributed by atoms with Crippen LogP contribution in [0.1, 0.15) is 29.9 Å². The van der Waals surface area contributed by atoms with Gasteiger partial charge in [-0.3, -0.25) is 4.79 Å². The van der Waals surface area contributed by atoms with Crippen LogP contribution in [0.2, 0.25) is 0 Å². The summed E-state index contributed by atoms with van der Waals surface area (Å²) in [6.07, 6.45) is 1.75. The molecule has 4 aromatic rings. The molecule has 36 heavy (non-hydrogen) atoms. The summed E-state index contributed by atoms with van der Waals surface area (Å²) in [5.74, 6) is 1.62. The van der Waals surface area contributed by atoms with Gasteiger partial charge in [-0.25, -0.2) is 4.98 Å². The first-order valence-electron chi connectivity index (χ1n) is 12.7. The summed E-state index contributed by atoms with van der Waals surface area (Å²) in [6.45, 7) is 11.1. The molecule has 3 heterocycles. The standard InChI is InChI=1S/C29H33N5O2/c1-4-34-26-13-12-24(36-5-2)19-25(26)21(3)28(34)29(35)31-22-11-14-27(30-20-22)33-17-15-32(16-18-33)23-9-7-6-8-10-23/h6-14,19-20H,4-5,15-18H2,1-3H3,(H,31,35). The predicted octanol–water partition coefficient (Wildman–Crippen LogP) is 5.34. The number of hydrogen-bond donors (Lipinski definition) is 1. The largest absolute Gasteiger partial charge is 0.494 e. The van der Waals surface area contributed by atoms with Gasteiger partial charge in [0.1, 0.15) is 17.3 Å². The topological polar surface area (TPSA) is 62.6 Å². The first kappa shape index (κ1) is 23.7. The molecule has 0 spiro atoms. The molecule has 0 aliphatic carbocycles. The number of piperazine rings is 1. The van der Waals surface area contributed by atoms with E-state index in [0.717, 1.165) is 54.2 Å². The van der Waals surface area contributed by atoms with E-state index in [0.29, 0.717) is 24.5 Å². The Balaban J connectivity index is 1.28. The molecular weight excluding hydrogens is 450 g/mol. The highest BCUT2D eigenvalue weighted by atomic mass is 16.5. The number of benzene rings is 2. The number of rotatable bonds is 7. The molecule has 1 N–H and O–H groups in total. The lowest BCUT2D eigenvalue weighted by Gasteiger charge is -2.36. The van der Waals surface area contributed by atoms with Crippen molar-refractivity contribution >= 4 is 34.0 Å². The molecule has 5 rings (SSSR count). The van der Waals surface area contributed by atoms with Gasteiger partial charge in [0.05, 0.1) is 18.5 Å². The van der Waals surface area contributed by atoms with Crippen LogP contribution in [-0.2, 0) is 6.54 Å². The van der Waals surface area contributed by atoms with E-state index in [1.807, 2.05) is 50.2 Å². The molecule has 186 valence electrons. The van der Waals surface area contributed by atoms with Crippen LogP contribution in [-0.4, -0.2) is 48.2 Å². The molecule has 0 radical (unpaired) electrons. The lowest BCUT2D eigenvalue weighted by atomic mass is 10.1. The van der Waals surface area contributed by atoms with Crippen molar-refractivity contribution < 1.29 is 9.53 Å². The van der Waals surface area contributed by atoms with Crippen LogP contribution < -0.4 is 19.9 Å². The van der Waals surface area contributed by atoms with Gasteiger partial charge in [0, 0.05) is 49.3 Å². The number of para-hydroxylation sites is 1. The summed E-state index contributed by atoms with van der Waals surface area (Å²) in [6, 6.07) is 20.5. The second-order valence-electron chi connectivity index (χ2n) is 9.00. The summed E-state index contributed by atoms with van der Waals surface area (Å²) in [7, 11) is 0. The Kier molecular flexibility index (Phi) is 6.80. The van der Waals surface area contributed by atoms with Gasteiger partial charge in [0.15, 0.2) is 0 Å². The van der Waals surface area contributed by atoms with E-state index in [4.69, 9.17) is 4.74 Å². The van der Waals surface area contributed by atoms with Gasteiger partial charge >= 0.3 is 0 Å². The van der Waals surface area contributed by atoms with Gasteiger partial charge in [0.25, 0.3) is 5.91 Å². The predicted molar refractivity (Wildman–Crippen MR) is 147 cm³/mol. The zero-order chi connectivity index (χ0) is 25.1. The van der Waals surface area contributed by atoms with Crippen LogP contribution in [0.15, 0.2) is 66.9 Å². The molecule has 7 nitrogen and oxygen atoms in total. The normalized spacial score (nSPS) is 13.8. The van der Waals surface area contributed by atoms with Crippen molar-refractivity contribution in [2.75, 3.05) is 47.9 Å². The average molecular weight is 484 g/mol. The molecule has 1 fully saturated rings. The molecule has 1 aliphatic rings. The second kappa shape index (κ2) is 10.3. The number of anilines is 3. The van der Waals surface area contributed by atoms with E-state index < -0.39 is 0 Å². The first-order valence-corrected chi connectivity index (χ1v) is 12.7. The van der Waals surface area contributed by atoms with E-state index in [9.17, 15) is 4.79 Å². The number of ether oxygens (including phenoxy) is 1. The number of aromatic nitrogens is 2. The summed E-state index contributed by atoms with van der Waals surface area (Å²) >= 11 is 0. The smallest absolute Gasteiger partial charge is 0.272 e. The maximum Gasteiger partial charge on any atom is 0.272 e. The van der Waals surface area contributed by atoms with Gasteiger partial charge in [-0.2, -0.15) is 0 Å². The zero-order valence-electron chi connectivity index (χ0n) is 21.2. The van der Waals surface area contributed by atoms with E-state index >= 15 is 0 Å². The monoisotopic (exact) mass is 483 g/mol. The summed E-state index contributed by atoms with van der Waals surface area (Å²) in [5, 5.41) is 4.09. The highest BCUT2D eigenvalue weighted by molar-refractivity contribution is 6.08. The van der Waals surface area contributed by atoms with Crippen LogP contribution in [0.5, 0.6) is 5.75 Å². The Morgan fingerprint density at radius 1 is 0.972 bits per heavy atom. The Labute approximate surface area is 212 Å². The number of fused-ring (bicyclic) bond motifs is 1. The fourth-order valence-electron chi connectivity index (χ4n) is 5.05. The summed E-state index contributed by atoms with van der Waals surface area (Å²) in [4.78, 5) is 22.7. The number of amides is 1. The Bertz CT molecular complexity index is 1340. The van der Waals surface area contributed by atoms with E-state index in [1.165, 1.54) is 5.69 Å². The minimum absolute atomic E-state index is 0.130. The number of carbonyl (C=O) groups is 1. The van der Waals surface area contributed by atoms with E-state index in [-0.39, 0.29) is 5.91 Å². The maximum atomic E-state index is 13.3. The van der Waals surface area contributed by atoms with Crippen molar-refractivity contribution in [1.82, 2.24) is 9.55 Å². The minimum Gasteiger partial charge on any atom is -0.494 e. The van der Waals surface area contributed by atoms with Crippen LogP contribution in [0.3, 0.4) is 0 Å². The average Bonchev–Trinajstić information content (AvgIpc) is 3.21. The van der Waals surface area contributed by atoms with Crippen molar-refractivity contribution in [3.05, 3.63) is 78.1 Å². The Hall–Kier alpha value is -4.00. The van der Waals surface area contributed by atoms with Crippen LogP contribution in [0.25, 0.3) is 10.9 Å². The number of nitrogens with zero attached hydrogens (tertiary/aromatic N) is 4. The fourth-order valence-corrected chi connectivity index (χ4v) is 5.05. The van der Waals surface area contributed by atoms with Gasteiger partial charge in [-0.05, 0) is 68.8 Å². The number of hydrogen-bond acceptors (Lipinski definition) is 5. The Morgan fingerprint density at radius 3 is 2.39 bits per heavy atom. The lowest BCUT2D eigenvalue weighted by molar-refractivity contribution is 0.101. The second-order valence-corrected chi connectivity index (χ2v) is 9.00. The molecule has 1 aliphatic heterocycles. The SMILES string of the molecule is CCOc1ccc2c(c1)c(C)c(C(=O)Nc1ccc(N3CCN(c4ccccc4)CC3)nc1)n2CC. The summed E-state index contributed by atoms with van der Waals surface area (Å²) < 4.78 is 7.73. The molecular formula is C29H33N5O2. The third kappa shape index (κ3) is 4.61. The minimum atomic E-state index is -0.130. The van der Waals surface area contributed by atoms with Crippen molar-refractivity contribution in [3.63, 3.8) is 0 Å². The fraction of sp³-hybridized carbons (Fsp3) is 0.310. The van der Waals surface area contributed by atoms with Crippen LogP contribution in [0.4, 0.5) is 17.2 Å². The number of carbonyl (C=O) groups excluding carboxylic acids is 1. The first-order chi connectivity index (χ1) is 17.6. The van der Waals surface area contributed by atoms with Crippen LogP contribution >= 0.6 is 0 Å². The van der Waals surface area contributed by atoms with Crippen LogP contribution in [0, 0.1) is 6.92 Å². The van der Waals surface area contributed by atoms with Gasteiger partial charge in [0.2, 0.25) is 0 Å². The highest BCUT2D eigenvalue weighted by Gasteiger charge is 2.21. The van der Waals surface area contributed by atoms with Crippen molar-refractivity contribution in [3.8, 4) is 5.75 Å². The number of aryl methyl sites for hydroxylation is 2. The van der Waals surface area contributed by atoms with Crippen molar-refractivity contribution in [2.45, 2.75) is 27.3 Å². The van der Waals surface area contributed by atoms with E-state index in [1.54, 1.807) is 6.20 Å². The van der Waals surface area contributed by atoms with Crippen molar-refractivity contribution in [2.24, 2.45) is 0 Å². The number of pyridine rings is 1. The number of nitrogens with one attached hydrogen (secondary N) is 1. The van der Waals surface area contributed by atoms with Gasteiger partial charge in [-0.1, -0.05) is 18.2 Å². The van der Waals surface area contributed by atoms with Gasteiger partial charge in [-0.15, -0.1) is 0 Å². The van der Waals surface area contributed by atoms with Gasteiger partial charge < -0.3 is 24.4 Å². The molecule has 0 atom stereocenters. The highest BCUT2D eigenvalue weighted by Crippen LogP contribution is 2.30. The molecule has 2 aromatic heterocycles. The quantitative estimate of drug-likeness (QED) is 0.384. The molecule has 0 unspecified atom stereocenters.